The van der Waals surface area contributed by atoms with Crippen molar-refractivity contribution in [3.63, 3.8) is 0 Å². The first-order valence-corrected chi connectivity index (χ1v) is 11.5. The lowest BCUT2D eigenvalue weighted by Gasteiger charge is -2.64. The van der Waals surface area contributed by atoms with Crippen molar-refractivity contribution in [2.45, 2.75) is 61.6 Å². The van der Waals surface area contributed by atoms with Crippen LogP contribution < -0.4 is 0 Å². The number of allylic oxidation sites excluding steroid dienone is 4. The highest BCUT2D eigenvalue weighted by molar-refractivity contribution is 9.12. The molecule has 2 N–H and O–H groups in total. The predicted molar refractivity (Wildman–Crippen MR) is 112 cm³/mol. The molecule has 0 aromatic rings. The average molecular weight is 510 g/mol. The van der Waals surface area contributed by atoms with Gasteiger partial charge in [-0.05, 0) is 65.1 Å². The summed E-state index contributed by atoms with van der Waals surface area (Å²) in [5.74, 6) is -1.57. The predicted octanol–water partition coefficient (Wildman–Crippen LogP) is 3.84. The van der Waals surface area contributed by atoms with Gasteiger partial charge >= 0.3 is 0 Å². The molecule has 3 fully saturated rings. The molecule has 3 saturated carbocycles. The molecule has 0 heterocycles. The van der Waals surface area contributed by atoms with E-state index >= 15 is 4.39 Å². The van der Waals surface area contributed by atoms with Crippen molar-refractivity contribution >= 4 is 50.7 Å². The summed E-state index contributed by atoms with van der Waals surface area (Å²) in [7, 11) is 0. The van der Waals surface area contributed by atoms with Gasteiger partial charge in [-0.2, -0.15) is 0 Å². The van der Waals surface area contributed by atoms with Crippen molar-refractivity contribution in [3.05, 3.63) is 22.2 Å². The van der Waals surface area contributed by atoms with Gasteiger partial charge < -0.3 is 10.2 Å². The molecule has 4 aliphatic carbocycles. The van der Waals surface area contributed by atoms with Crippen LogP contribution in [0.25, 0.3) is 0 Å². The molecule has 0 unspecified atom stereocenters. The first-order chi connectivity index (χ1) is 13.4. The van der Waals surface area contributed by atoms with Gasteiger partial charge in [0.1, 0.15) is 18.4 Å². The normalized spacial score (nSPS) is 51.5. The van der Waals surface area contributed by atoms with Gasteiger partial charge in [-0.3, -0.25) is 9.59 Å². The van der Waals surface area contributed by atoms with E-state index in [2.05, 4.69) is 15.9 Å². The number of carbonyl (C=O) groups is 2. The van der Waals surface area contributed by atoms with E-state index in [0.717, 1.165) is 0 Å². The first kappa shape index (κ1) is 21.9. The lowest BCUT2D eigenvalue weighted by atomic mass is 9.46. The van der Waals surface area contributed by atoms with Gasteiger partial charge in [0, 0.05) is 10.8 Å². The number of rotatable bonds is 2. The third-order valence-electron chi connectivity index (χ3n) is 8.40. The van der Waals surface area contributed by atoms with Gasteiger partial charge in [-0.15, -0.1) is 23.2 Å². The third kappa shape index (κ3) is 2.50. The number of ketones is 2. The van der Waals surface area contributed by atoms with E-state index in [1.165, 1.54) is 6.08 Å². The SMILES string of the molecule is C[C@]12C=C(Br)C(=O)C=C1[C@H](F)C[C@H]1[C@@H]3CC[C@](O)(C(=O)CO)[C@@]3(C)C[C@H](Cl)[C@@]12Cl. The molecule has 0 radical (unpaired) electrons. The fourth-order valence-electron chi connectivity index (χ4n) is 6.79. The van der Waals surface area contributed by atoms with E-state index in [-0.39, 0.29) is 31.0 Å². The van der Waals surface area contributed by atoms with E-state index < -0.39 is 51.2 Å². The highest BCUT2D eigenvalue weighted by Crippen LogP contribution is 2.71. The molecule has 4 aliphatic rings. The Kier molecular flexibility index (Phi) is 5.00. The van der Waals surface area contributed by atoms with Crippen molar-refractivity contribution in [1.82, 2.24) is 0 Å². The van der Waals surface area contributed by atoms with Crippen LogP contribution in [0.15, 0.2) is 22.2 Å². The van der Waals surface area contributed by atoms with Crippen molar-refractivity contribution < 1.29 is 24.2 Å². The van der Waals surface area contributed by atoms with Gasteiger partial charge in [-0.1, -0.05) is 19.9 Å². The van der Waals surface area contributed by atoms with Crippen LogP contribution in [0.5, 0.6) is 0 Å². The molecule has 0 amide bonds. The van der Waals surface area contributed by atoms with Crippen molar-refractivity contribution in [2.24, 2.45) is 22.7 Å². The van der Waals surface area contributed by atoms with Crippen LogP contribution >= 0.6 is 39.1 Å². The molecule has 8 atom stereocenters. The lowest BCUT2D eigenvalue weighted by Crippen LogP contribution is -2.68. The molecular weight excluding hydrogens is 486 g/mol. The Bertz CT molecular complexity index is 862. The van der Waals surface area contributed by atoms with Crippen LogP contribution in [-0.4, -0.2) is 50.4 Å². The molecule has 0 saturated heterocycles. The van der Waals surface area contributed by atoms with Crippen molar-refractivity contribution in [1.29, 1.82) is 0 Å². The summed E-state index contributed by atoms with van der Waals surface area (Å²) in [6.07, 6.45) is 2.65. The molecule has 0 aliphatic heterocycles. The van der Waals surface area contributed by atoms with E-state index in [1.807, 2.05) is 6.92 Å². The Balaban J connectivity index is 1.86. The van der Waals surface area contributed by atoms with Gasteiger partial charge in [0.25, 0.3) is 0 Å². The molecular formula is C21H24BrCl2FO4. The summed E-state index contributed by atoms with van der Waals surface area (Å²) in [5, 5.41) is 20.0. The zero-order valence-electron chi connectivity index (χ0n) is 16.2. The fourth-order valence-corrected chi connectivity index (χ4v) is 8.55. The Morgan fingerprint density at radius 2 is 2.03 bits per heavy atom. The smallest absolute Gasteiger partial charge is 0.192 e. The number of carbonyl (C=O) groups excluding carboxylic acids is 2. The molecule has 0 spiro atoms. The van der Waals surface area contributed by atoms with Gasteiger partial charge in [-0.25, -0.2) is 4.39 Å². The minimum atomic E-state index is -1.71. The van der Waals surface area contributed by atoms with Gasteiger partial charge in [0.15, 0.2) is 11.6 Å². The highest BCUT2D eigenvalue weighted by Gasteiger charge is 2.74. The van der Waals surface area contributed by atoms with E-state index in [1.54, 1.807) is 13.0 Å². The van der Waals surface area contributed by atoms with Crippen LogP contribution in [0.4, 0.5) is 4.39 Å². The maximum atomic E-state index is 15.4. The molecule has 0 aromatic carbocycles. The second kappa shape index (κ2) is 6.61. The summed E-state index contributed by atoms with van der Waals surface area (Å²) < 4.78 is 15.7. The van der Waals surface area contributed by atoms with E-state index in [4.69, 9.17) is 23.2 Å². The summed E-state index contributed by atoms with van der Waals surface area (Å²) >= 11 is 17.5. The molecule has 4 nitrogen and oxygen atoms in total. The maximum Gasteiger partial charge on any atom is 0.192 e. The summed E-state index contributed by atoms with van der Waals surface area (Å²) in [6.45, 7) is 2.87. The molecule has 8 heteroatoms. The third-order valence-corrected chi connectivity index (χ3v) is 10.6. The molecule has 0 bridgehead atoms. The number of fused-ring (bicyclic) bond motifs is 5. The number of alkyl halides is 3. The molecule has 29 heavy (non-hydrogen) atoms. The minimum Gasteiger partial charge on any atom is -0.388 e. The number of hydrogen-bond acceptors (Lipinski definition) is 4. The summed E-state index contributed by atoms with van der Waals surface area (Å²) in [4.78, 5) is 23.6. The lowest BCUT2D eigenvalue weighted by molar-refractivity contribution is -0.162. The molecule has 160 valence electrons. The van der Waals surface area contributed by atoms with Crippen LogP contribution in [-0.2, 0) is 9.59 Å². The minimum absolute atomic E-state index is 0.0799. The van der Waals surface area contributed by atoms with Crippen LogP contribution in [0.2, 0.25) is 0 Å². The second-order valence-electron chi connectivity index (χ2n) is 9.41. The van der Waals surface area contributed by atoms with E-state index in [0.29, 0.717) is 16.5 Å². The first-order valence-electron chi connectivity index (χ1n) is 9.85. The van der Waals surface area contributed by atoms with Crippen molar-refractivity contribution in [2.75, 3.05) is 6.61 Å². The Morgan fingerprint density at radius 3 is 2.66 bits per heavy atom. The number of Topliss-reactive ketones (excluding diaryl/α,β-unsaturated/α-hetero) is 1. The Hall–Kier alpha value is -0.270. The van der Waals surface area contributed by atoms with E-state index in [9.17, 15) is 19.8 Å². The number of halogens is 4. The average Bonchev–Trinajstić information content (AvgIpc) is 2.91. The zero-order valence-corrected chi connectivity index (χ0v) is 19.3. The van der Waals surface area contributed by atoms with Crippen LogP contribution in [0.3, 0.4) is 0 Å². The van der Waals surface area contributed by atoms with Crippen molar-refractivity contribution in [3.8, 4) is 0 Å². The largest absolute Gasteiger partial charge is 0.388 e. The second-order valence-corrected chi connectivity index (χ2v) is 11.4. The maximum absolute atomic E-state index is 15.4. The van der Waals surface area contributed by atoms with Crippen LogP contribution in [0, 0.1) is 22.7 Å². The summed E-state index contributed by atoms with van der Waals surface area (Å²) in [6, 6.07) is 0. The quantitative estimate of drug-likeness (QED) is 0.554. The van der Waals surface area contributed by atoms with Gasteiger partial charge in [0.05, 0.1) is 14.7 Å². The highest BCUT2D eigenvalue weighted by atomic mass is 79.9. The van der Waals surface area contributed by atoms with Gasteiger partial charge in [0.2, 0.25) is 0 Å². The number of aliphatic hydroxyl groups is 2. The number of aliphatic hydroxyl groups excluding tert-OH is 1. The molecule has 0 aromatic heterocycles. The fraction of sp³-hybridized carbons (Fsp3) is 0.714. The Morgan fingerprint density at radius 1 is 1.38 bits per heavy atom. The topological polar surface area (TPSA) is 74.6 Å². The zero-order chi connectivity index (χ0) is 21.6. The molecule has 4 rings (SSSR count). The number of hydrogen-bond donors (Lipinski definition) is 2. The standard InChI is InChI=1S/C21H24BrCl2FO4/c1-18-8-16(23)21(24)11(10(18)3-4-20(18,29)17(28)9-26)5-14(25)12-6-15(27)13(22)7-19(12,21)2/h6-7,10-11,14,16,26,29H,3-5,8-9H2,1-2H3/t10-,11-,14+,16-,18-,19-,20-,21-/m0/s1. The Labute approximate surface area is 187 Å². The van der Waals surface area contributed by atoms with Crippen LogP contribution in [0.1, 0.15) is 39.5 Å². The monoisotopic (exact) mass is 508 g/mol. The summed E-state index contributed by atoms with van der Waals surface area (Å²) in [5.41, 5.74) is -3.27.